The van der Waals surface area contributed by atoms with Crippen LogP contribution in [0.25, 0.3) is 0 Å². The summed E-state index contributed by atoms with van der Waals surface area (Å²) >= 11 is 0. The van der Waals surface area contributed by atoms with Crippen LogP contribution in [-0.4, -0.2) is 41.1 Å². The highest BCUT2D eigenvalue weighted by Crippen LogP contribution is 2.21. The molecule has 0 aromatic heterocycles. The van der Waals surface area contributed by atoms with Gasteiger partial charge in [-0.3, -0.25) is 4.99 Å². The first kappa shape index (κ1) is 21.9. The summed E-state index contributed by atoms with van der Waals surface area (Å²) in [4.78, 5) is 4.47. The second kappa shape index (κ2) is 9.71. The van der Waals surface area contributed by atoms with E-state index in [0.717, 1.165) is 5.56 Å². The van der Waals surface area contributed by atoms with Gasteiger partial charge in [-0.15, -0.1) is 0 Å². The maximum atomic E-state index is 12.3. The van der Waals surface area contributed by atoms with Gasteiger partial charge >= 0.3 is 0 Å². The Kier molecular flexibility index (Phi) is 7.60. The Hall–Kier alpha value is -2.38. The van der Waals surface area contributed by atoms with Crippen molar-refractivity contribution >= 4 is 16.0 Å². The molecule has 0 fully saturated rings. The predicted octanol–water partition coefficient (Wildman–Crippen LogP) is 2.42. The number of aliphatic imine (C=N–C) groups is 1. The van der Waals surface area contributed by atoms with Gasteiger partial charge in [0.1, 0.15) is 0 Å². The summed E-state index contributed by atoms with van der Waals surface area (Å²) in [6.45, 7) is 7.64. The van der Waals surface area contributed by atoms with Crippen molar-refractivity contribution in [2.75, 3.05) is 26.7 Å². The predicted molar refractivity (Wildman–Crippen MR) is 115 cm³/mol. The number of aryl methyl sites for hydroxylation is 1. The molecule has 2 rings (SSSR count). The van der Waals surface area contributed by atoms with Crippen LogP contribution in [0.4, 0.5) is 0 Å². The Morgan fingerprint density at radius 2 is 1.61 bits per heavy atom. The molecular weight excluding hydrogens is 372 g/mol. The number of guanidine groups is 1. The number of nitrogens with zero attached hydrogens (tertiary/aromatic N) is 1. The van der Waals surface area contributed by atoms with Crippen molar-refractivity contribution in [3.8, 4) is 0 Å². The second-order valence-electron chi connectivity index (χ2n) is 7.31. The molecule has 2 aromatic carbocycles. The summed E-state index contributed by atoms with van der Waals surface area (Å²) in [6.07, 6.45) is 0. The van der Waals surface area contributed by atoms with Crippen molar-refractivity contribution in [2.24, 2.45) is 4.99 Å². The summed E-state index contributed by atoms with van der Waals surface area (Å²) in [7, 11) is -1.81. The lowest BCUT2D eigenvalue weighted by Gasteiger charge is -2.26. The minimum absolute atomic E-state index is 0.0636. The molecule has 7 heteroatoms. The molecule has 0 saturated heterocycles. The van der Waals surface area contributed by atoms with Crippen molar-refractivity contribution < 1.29 is 8.42 Å². The third kappa shape index (κ3) is 6.35. The summed E-state index contributed by atoms with van der Waals surface area (Å²) in [5.74, 6) is 0.638. The lowest BCUT2D eigenvalue weighted by molar-refractivity contribution is 0.508. The van der Waals surface area contributed by atoms with E-state index in [-0.39, 0.29) is 16.9 Å². The van der Waals surface area contributed by atoms with Gasteiger partial charge in [0, 0.05) is 32.1 Å². The molecule has 0 heterocycles. The van der Waals surface area contributed by atoms with Gasteiger partial charge in [-0.25, -0.2) is 13.1 Å². The van der Waals surface area contributed by atoms with Crippen LogP contribution in [0.15, 0.2) is 64.5 Å². The van der Waals surface area contributed by atoms with E-state index in [9.17, 15) is 8.42 Å². The highest BCUT2D eigenvalue weighted by molar-refractivity contribution is 7.89. The zero-order chi connectivity index (χ0) is 20.6. The fourth-order valence-corrected chi connectivity index (χ4v) is 3.72. The Morgan fingerprint density at radius 3 is 2.21 bits per heavy atom. The molecule has 2 aromatic rings. The topological polar surface area (TPSA) is 82.6 Å². The average Bonchev–Trinajstić information content (AvgIpc) is 2.68. The van der Waals surface area contributed by atoms with Crippen LogP contribution in [0.3, 0.4) is 0 Å². The van der Waals surface area contributed by atoms with Crippen LogP contribution in [-0.2, 0) is 15.4 Å². The van der Waals surface area contributed by atoms with E-state index < -0.39 is 10.0 Å². The number of nitrogens with one attached hydrogen (secondary N) is 3. The molecule has 0 bridgehead atoms. The largest absolute Gasteiger partial charge is 0.356 e. The summed E-state index contributed by atoms with van der Waals surface area (Å²) in [5.41, 5.74) is 2.20. The van der Waals surface area contributed by atoms with Crippen LogP contribution in [0.1, 0.15) is 25.0 Å². The number of hydrogen-bond donors (Lipinski definition) is 3. The molecule has 3 N–H and O–H groups in total. The summed E-state index contributed by atoms with van der Waals surface area (Å²) < 4.78 is 27.2. The quantitative estimate of drug-likeness (QED) is 0.360. The first-order valence-electron chi connectivity index (χ1n) is 9.31. The van der Waals surface area contributed by atoms with Crippen molar-refractivity contribution in [3.05, 3.63) is 65.7 Å². The van der Waals surface area contributed by atoms with E-state index in [1.807, 2.05) is 25.1 Å². The Morgan fingerprint density at radius 1 is 0.964 bits per heavy atom. The van der Waals surface area contributed by atoms with Crippen molar-refractivity contribution in [2.45, 2.75) is 31.1 Å². The molecule has 0 aliphatic rings. The molecule has 0 spiro atoms. The molecule has 6 nitrogen and oxygen atoms in total. The molecule has 152 valence electrons. The van der Waals surface area contributed by atoms with Gasteiger partial charge in [0.15, 0.2) is 5.96 Å². The van der Waals surface area contributed by atoms with E-state index in [1.165, 1.54) is 5.56 Å². The first-order valence-corrected chi connectivity index (χ1v) is 10.8. The van der Waals surface area contributed by atoms with Crippen LogP contribution in [0, 0.1) is 6.92 Å². The van der Waals surface area contributed by atoms with Gasteiger partial charge in [-0.1, -0.05) is 61.9 Å². The molecule has 0 atom stereocenters. The van der Waals surface area contributed by atoms with E-state index in [1.54, 1.807) is 31.3 Å². The number of benzene rings is 2. The maximum absolute atomic E-state index is 12.3. The van der Waals surface area contributed by atoms with Gasteiger partial charge in [-0.2, -0.15) is 0 Å². The molecule has 28 heavy (non-hydrogen) atoms. The van der Waals surface area contributed by atoms with E-state index in [4.69, 9.17) is 0 Å². The summed E-state index contributed by atoms with van der Waals surface area (Å²) in [5, 5.41) is 6.44. The molecule has 0 amide bonds. The molecule has 0 aliphatic carbocycles. The molecular formula is C21H30N4O2S. The minimum Gasteiger partial charge on any atom is -0.356 e. The van der Waals surface area contributed by atoms with Crippen LogP contribution in [0.5, 0.6) is 0 Å². The van der Waals surface area contributed by atoms with Crippen molar-refractivity contribution in [1.82, 2.24) is 15.4 Å². The van der Waals surface area contributed by atoms with E-state index in [0.29, 0.717) is 19.0 Å². The zero-order valence-corrected chi connectivity index (χ0v) is 17.8. The average molecular weight is 403 g/mol. The minimum atomic E-state index is -3.50. The fraction of sp³-hybridized carbons (Fsp3) is 0.381. The standard InChI is InChI=1S/C21H30N4O2S/c1-17-10-12-19(13-11-17)28(26,27)25-15-14-23-20(22-4)24-16-21(2,3)18-8-6-5-7-9-18/h5-13,25H,14-16H2,1-4H3,(H2,22,23,24). The van der Waals surface area contributed by atoms with Crippen LogP contribution < -0.4 is 15.4 Å². The zero-order valence-electron chi connectivity index (χ0n) is 17.0. The SMILES string of the molecule is CN=C(NCCNS(=O)(=O)c1ccc(C)cc1)NCC(C)(C)c1ccccc1. The monoisotopic (exact) mass is 402 g/mol. The van der Waals surface area contributed by atoms with Gasteiger partial charge in [0.25, 0.3) is 0 Å². The lowest BCUT2D eigenvalue weighted by atomic mass is 9.85. The van der Waals surface area contributed by atoms with Crippen LogP contribution in [0.2, 0.25) is 0 Å². The van der Waals surface area contributed by atoms with Gasteiger partial charge < -0.3 is 10.6 Å². The van der Waals surface area contributed by atoms with Crippen LogP contribution >= 0.6 is 0 Å². The lowest BCUT2D eigenvalue weighted by Crippen LogP contribution is -2.45. The Bertz CT molecular complexity index is 876. The normalized spacial score (nSPS) is 12.6. The second-order valence-corrected chi connectivity index (χ2v) is 9.08. The van der Waals surface area contributed by atoms with Gasteiger partial charge in [0.2, 0.25) is 10.0 Å². The third-order valence-corrected chi connectivity index (χ3v) is 5.99. The van der Waals surface area contributed by atoms with E-state index in [2.05, 4.69) is 46.3 Å². The third-order valence-electron chi connectivity index (χ3n) is 4.52. The van der Waals surface area contributed by atoms with Crippen molar-refractivity contribution in [3.63, 3.8) is 0 Å². The molecule has 0 radical (unpaired) electrons. The van der Waals surface area contributed by atoms with Gasteiger partial charge in [-0.05, 0) is 24.6 Å². The van der Waals surface area contributed by atoms with Gasteiger partial charge in [0.05, 0.1) is 4.90 Å². The van der Waals surface area contributed by atoms with Crippen molar-refractivity contribution in [1.29, 1.82) is 0 Å². The first-order chi connectivity index (χ1) is 13.2. The highest BCUT2D eigenvalue weighted by atomic mass is 32.2. The number of sulfonamides is 1. The Labute approximate surface area is 168 Å². The molecule has 0 saturated carbocycles. The van der Waals surface area contributed by atoms with E-state index >= 15 is 0 Å². The Balaban J connectivity index is 1.80. The summed E-state index contributed by atoms with van der Waals surface area (Å²) in [6, 6.07) is 17.1. The maximum Gasteiger partial charge on any atom is 0.240 e. The fourth-order valence-electron chi connectivity index (χ4n) is 2.68. The smallest absolute Gasteiger partial charge is 0.240 e. The molecule has 0 unspecified atom stereocenters. The molecule has 0 aliphatic heterocycles. The number of rotatable bonds is 8. The number of hydrogen-bond acceptors (Lipinski definition) is 3. The highest BCUT2D eigenvalue weighted by Gasteiger charge is 2.20.